The Morgan fingerprint density at radius 3 is 2.75 bits per heavy atom. The molecule has 0 aromatic rings. The van der Waals surface area contributed by atoms with E-state index >= 15 is 0 Å². The summed E-state index contributed by atoms with van der Waals surface area (Å²) in [6.45, 7) is 1.07. The Morgan fingerprint density at radius 2 is 2.17 bits per heavy atom. The topological polar surface area (TPSA) is 57.6 Å². The van der Waals surface area contributed by atoms with Crippen LogP contribution in [0.5, 0.6) is 0 Å². The molecule has 1 saturated heterocycles. The van der Waals surface area contributed by atoms with Crippen LogP contribution in [0.2, 0.25) is 0 Å². The van der Waals surface area contributed by atoms with Gasteiger partial charge in [-0.3, -0.25) is 0 Å². The van der Waals surface area contributed by atoms with Crippen molar-refractivity contribution >= 4 is 12.4 Å². The highest BCUT2D eigenvalue weighted by Crippen LogP contribution is 2.14. The molecule has 0 aromatic carbocycles. The summed E-state index contributed by atoms with van der Waals surface area (Å²) in [6.07, 6.45) is 2.37. The summed E-state index contributed by atoms with van der Waals surface area (Å²) in [5.74, 6) is 0.0642. The molecule has 0 saturated carbocycles. The molecule has 1 heterocycles. The van der Waals surface area contributed by atoms with Gasteiger partial charge in [-0.05, 0) is 19.3 Å². The van der Waals surface area contributed by atoms with Crippen LogP contribution >= 0.6 is 0 Å². The minimum Gasteiger partial charge on any atom is -0.465 e. The van der Waals surface area contributed by atoms with Gasteiger partial charge in [0.25, 0.3) is 0 Å². The molecule has 1 rings (SSSR count). The standard InChI is InChI=1S/C8H13NO3/c10-6-7-2-1-4-9(5-3-7)8(11)12/h6-7H,1-5H2,(H,11,12)/t7-/m0/s1. The molecule has 0 spiro atoms. The van der Waals surface area contributed by atoms with Crippen LogP contribution in [0.1, 0.15) is 19.3 Å². The second-order valence-electron chi connectivity index (χ2n) is 3.10. The van der Waals surface area contributed by atoms with Crippen LogP contribution in [0.4, 0.5) is 4.79 Å². The van der Waals surface area contributed by atoms with Crippen molar-refractivity contribution < 1.29 is 14.7 Å². The summed E-state index contributed by atoms with van der Waals surface area (Å²) in [5.41, 5.74) is 0. The Labute approximate surface area is 71.2 Å². The predicted molar refractivity (Wildman–Crippen MR) is 43.0 cm³/mol. The second kappa shape index (κ2) is 4.09. The number of aldehydes is 1. The van der Waals surface area contributed by atoms with Gasteiger partial charge in [-0.2, -0.15) is 0 Å². The van der Waals surface area contributed by atoms with E-state index in [2.05, 4.69) is 0 Å². The van der Waals surface area contributed by atoms with Gasteiger partial charge < -0.3 is 14.8 Å². The van der Waals surface area contributed by atoms with E-state index < -0.39 is 6.09 Å². The van der Waals surface area contributed by atoms with E-state index in [9.17, 15) is 9.59 Å². The predicted octanol–water partition coefficient (Wildman–Crippen LogP) is 0.965. The molecule has 1 aliphatic heterocycles. The zero-order valence-corrected chi connectivity index (χ0v) is 6.90. The Hall–Kier alpha value is -1.06. The molecule has 1 aliphatic rings. The first-order chi connectivity index (χ1) is 5.74. The van der Waals surface area contributed by atoms with Gasteiger partial charge in [0, 0.05) is 19.0 Å². The highest BCUT2D eigenvalue weighted by molar-refractivity contribution is 5.65. The average molecular weight is 171 g/mol. The summed E-state index contributed by atoms with van der Waals surface area (Å²) < 4.78 is 0. The van der Waals surface area contributed by atoms with Gasteiger partial charge in [0.15, 0.2) is 0 Å². The molecule has 0 radical (unpaired) electrons. The lowest BCUT2D eigenvalue weighted by molar-refractivity contribution is -0.111. The van der Waals surface area contributed by atoms with Crippen molar-refractivity contribution in [2.45, 2.75) is 19.3 Å². The smallest absolute Gasteiger partial charge is 0.407 e. The van der Waals surface area contributed by atoms with Crippen LogP contribution in [0.25, 0.3) is 0 Å². The van der Waals surface area contributed by atoms with E-state index in [0.717, 1.165) is 19.1 Å². The quantitative estimate of drug-likeness (QED) is 0.598. The fraction of sp³-hybridized carbons (Fsp3) is 0.750. The van der Waals surface area contributed by atoms with E-state index in [0.29, 0.717) is 19.5 Å². The van der Waals surface area contributed by atoms with Crippen LogP contribution in [0.15, 0.2) is 0 Å². The Bertz CT molecular complexity index is 181. The molecule has 0 unspecified atom stereocenters. The molecule has 0 bridgehead atoms. The van der Waals surface area contributed by atoms with Crippen LogP contribution in [0.3, 0.4) is 0 Å². The first-order valence-electron chi connectivity index (χ1n) is 4.17. The molecular weight excluding hydrogens is 158 g/mol. The van der Waals surface area contributed by atoms with E-state index in [4.69, 9.17) is 5.11 Å². The molecule has 68 valence electrons. The minimum absolute atomic E-state index is 0.0642. The van der Waals surface area contributed by atoms with Crippen molar-refractivity contribution in [2.24, 2.45) is 5.92 Å². The molecule has 1 N–H and O–H groups in total. The van der Waals surface area contributed by atoms with Gasteiger partial charge in [-0.25, -0.2) is 4.79 Å². The van der Waals surface area contributed by atoms with Crippen molar-refractivity contribution in [2.75, 3.05) is 13.1 Å². The number of hydrogen-bond acceptors (Lipinski definition) is 2. The maximum absolute atomic E-state index is 10.5. The third-order valence-corrected chi connectivity index (χ3v) is 2.24. The number of likely N-dealkylation sites (tertiary alicyclic amines) is 1. The molecule has 4 nitrogen and oxygen atoms in total. The molecule has 1 amide bonds. The second-order valence-corrected chi connectivity index (χ2v) is 3.10. The maximum Gasteiger partial charge on any atom is 0.407 e. The van der Waals surface area contributed by atoms with Gasteiger partial charge in [0.05, 0.1) is 0 Å². The van der Waals surface area contributed by atoms with E-state index in [-0.39, 0.29) is 5.92 Å². The highest BCUT2D eigenvalue weighted by atomic mass is 16.4. The van der Waals surface area contributed by atoms with Crippen LogP contribution < -0.4 is 0 Å². The number of carbonyl (C=O) groups is 2. The highest BCUT2D eigenvalue weighted by Gasteiger charge is 2.18. The zero-order chi connectivity index (χ0) is 8.97. The lowest BCUT2D eigenvalue weighted by Crippen LogP contribution is -2.30. The van der Waals surface area contributed by atoms with Crippen molar-refractivity contribution in [3.8, 4) is 0 Å². The fourth-order valence-corrected chi connectivity index (χ4v) is 1.45. The van der Waals surface area contributed by atoms with Gasteiger partial charge in [0.2, 0.25) is 0 Å². The number of hydrogen-bond donors (Lipinski definition) is 1. The van der Waals surface area contributed by atoms with Gasteiger partial charge in [-0.1, -0.05) is 0 Å². The molecule has 0 aliphatic carbocycles. The number of carbonyl (C=O) groups excluding carboxylic acids is 1. The largest absolute Gasteiger partial charge is 0.465 e. The molecule has 1 fully saturated rings. The normalized spacial score (nSPS) is 24.7. The van der Waals surface area contributed by atoms with Crippen LogP contribution in [-0.4, -0.2) is 35.5 Å². The van der Waals surface area contributed by atoms with Gasteiger partial charge in [0.1, 0.15) is 6.29 Å². The number of carboxylic acid groups (broad SMARTS) is 1. The maximum atomic E-state index is 10.5. The summed E-state index contributed by atoms with van der Waals surface area (Å²) in [7, 11) is 0. The third-order valence-electron chi connectivity index (χ3n) is 2.24. The zero-order valence-electron chi connectivity index (χ0n) is 6.90. The van der Waals surface area contributed by atoms with E-state index in [1.807, 2.05) is 0 Å². The lowest BCUT2D eigenvalue weighted by atomic mass is 10.0. The van der Waals surface area contributed by atoms with Crippen molar-refractivity contribution in [3.63, 3.8) is 0 Å². The number of amides is 1. The van der Waals surface area contributed by atoms with Crippen LogP contribution in [-0.2, 0) is 4.79 Å². The van der Waals surface area contributed by atoms with Crippen LogP contribution in [0, 0.1) is 5.92 Å². The van der Waals surface area contributed by atoms with Gasteiger partial charge in [-0.15, -0.1) is 0 Å². The number of rotatable bonds is 1. The van der Waals surface area contributed by atoms with Gasteiger partial charge >= 0.3 is 6.09 Å². The minimum atomic E-state index is -0.874. The molecule has 12 heavy (non-hydrogen) atoms. The molecule has 4 heteroatoms. The summed E-state index contributed by atoms with van der Waals surface area (Å²) in [5, 5.41) is 8.66. The Kier molecular flexibility index (Phi) is 3.08. The summed E-state index contributed by atoms with van der Waals surface area (Å²) in [6, 6.07) is 0. The molecule has 0 aromatic heterocycles. The van der Waals surface area contributed by atoms with E-state index in [1.54, 1.807) is 0 Å². The monoisotopic (exact) mass is 171 g/mol. The van der Waals surface area contributed by atoms with E-state index in [1.165, 1.54) is 4.90 Å². The first-order valence-corrected chi connectivity index (χ1v) is 4.17. The summed E-state index contributed by atoms with van der Waals surface area (Å²) >= 11 is 0. The van der Waals surface area contributed by atoms with Crippen molar-refractivity contribution in [1.29, 1.82) is 0 Å². The number of nitrogens with zero attached hydrogens (tertiary/aromatic N) is 1. The summed E-state index contributed by atoms with van der Waals surface area (Å²) in [4.78, 5) is 22.3. The average Bonchev–Trinajstić information content (AvgIpc) is 2.28. The fourth-order valence-electron chi connectivity index (χ4n) is 1.45. The Morgan fingerprint density at radius 1 is 1.42 bits per heavy atom. The molecular formula is C8H13NO3. The van der Waals surface area contributed by atoms with Crippen molar-refractivity contribution in [3.05, 3.63) is 0 Å². The Balaban J connectivity index is 2.44. The SMILES string of the molecule is O=C[C@H]1CCCN(C(=O)O)CC1. The third kappa shape index (κ3) is 2.22. The molecule has 1 atom stereocenters. The lowest BCUT2D eigenvalue weighted by Gasteiger charge is -2.15. The first kappa shape index (κ1) is 9.03. The van der Waals surface area contributed by atoms with Crippen molar-refractivity contribution in [1.82, 2.24) is 4.90 Å².